The summed E-state index contributed by atoms with van der Waals surface area (Å²) in [7, 11) is 0. The SMILES string of the molecule is O=C(NCCc1noc(C2CC2)n1)c1ccc[nH]1. The van der Waals surface area contributed by atoms with Crippen LogP contribution in [0, 0.1) is 0 Å². The first-order valence-electron chi connectivity index (χ1n) is 6.07. The molecule has 0 saturated heterocycles. The molecule has 0 bridgehead atoms. The van der Waals surface area contributed by atoms with Crippen molar-refractivity contribution >= 4 is 5.91 Å². The van der Waals surface area contributed by atoms with Crippen molar-refractivity contribution in [2.75, 3.05) is 6.54 Å². The van der Waals surface area contributed by atoms with Gasteiger partial charge in [-0.2, -0.15) is 4.98 Å². The zero-order chi connectivity index (χ0) is 12.4. The topological polar surface area (TPSA) is 83.8 Å². The molecule has 1 saturated carbocycles. The first-order valence-corrected chi connectivity index (χ1v) is 6.07. The molecule has 6 nitrogen and oxygen atoms in total. The average molecular weight is 246 g/mol. The molecule has 6 heteroatoms. The predicted octanol–water partition coefficient (Wildman–Crippen LogP) is 1.25. The highest BCUT2D eigenvalue weighted by Crippen LogP contribution is 2.38. The van der Waals surface area contributed by atoms with Gasteiger partial charge in [-0.3, -0.25) is 4.79 Å². The molecule has 0 unspecified atom stereocenters. The summed E-state index contributed by atoms with van der Waals surface area (Å²) in [5.41, 5.74) is 0.557. The summed E-state index contributed by atoms with van der Waals surface area (Å²) in [5.74, 6) is 1.75. The van der Waals surface area contributed by atoms with Gasteiger partial charge in [-0.15, -0.1) is 0 Å². The number of nitrogens with one attached hydrogen (secondary N) is 2. The van der Waals surface area contributed by atoms with Gasteiger partial charge in [0.25, 0.3) is 5.91 Å². The van der Waals surface area contributed by atoms with Gasteiger partial charge >= 0.3 is 0 Å². The van der Waals surface area contributed by atoms with E-state index < -0.39 is 0 Å². The molecule has 18 heavy (non-hydrogen) atoms. The molecule has 2 heterocycles. The van der Waals surface area contributed by atoms with Crippen molar-refractivity contribution in [2.45, 2.75) is 25.2 Å². The van der Waals surface area contributed by atoms with E-state index in [2.05, 4.69) is 20.4 Å². The van der Waals surface area contributed by atoms with Crippen LogP contribution in [-0.4, -0.2) is 27.6 Å². The number of aromatic amines is 1. The molecule has 94 valence electrons. The fourth-order valence-corrected chi connectivity index (χ4v) is 1.72. The lowest BCUT2D eigenvalue weighted by atomic mass is 10.3. The Balaban J connectivity index is 1.47. The van der Waals surface area contributed by atoms with Gasteiger partial charge in [0, 0.05) is 25.1 Å². The van der Waals surface area contributed by atoms with Crippen LogP contribution in [0.25, 0.3) is 0 Å². The van der Waals surface area contributed by atoms with Crippen LogP contribution in [0.5, 0.6) is 0 Å². The molecular weight excluding hydrogens is 232 g/mol. The van der Waals surface area contributed by atoms with E-state index in [9.17, 15) is 4.79 Å². The molecule has 3 rings (SSSR count). The summed E-state index contributed by atoms with van der Waals surface area (Å²) in [4.78, 5) is 18.8. The molecule has 0 aromatic carbocycles. The molecule has 1 aliphatic carbocycles. The Labute approximate surface area is 104 Å². The largest absolute Gasteiger partial charge is 0.357 e. The number of hydrogen-bond donors (Lipinski definition) is 2. The minimum absolute atomic E-state index is 0.120. The number of carbonyl (C=O) groups excluding carboxylic acids is 1. The molecular formula is C12H14N4O2. The fourth-order valence-electron chi connectivity index (χ4n) is 1.72. The Kier molecular flexibility index (Phi) is 2.84. The zero-order valence-corrected chi connectivity index (χ0v) is 9.85. The van der Waals surface area contributed by atoms with Crippen LogP contribution in [0.3, 0.4) is 0 Å². The molecule has 1 fully saturated rings. The summed E-state index contributed by atoms with van der Waals surface area (Å²) >= 11 is 0. The number of hydrogen-bond acceptors (Lipinski definition) is 4. The van der Waals surface area contributed by atoms with Gasteiger partial charge in [0.05, 0.1) is 0 Å². The summed E-state index contributed by atoms with van der Waals surface area (Å²) < 4.78 is 5.14. The average Bonchev–Trinajstić information content (AvgIpc) is 2.92. The lowest BCUT2D eigenvalue weighted by Gasteiger charge is -2.00. The van der Waals surface area contributed by atoms with E-state index in [-0.39, 0.29) is 5.91 Å². The Morgan fingerprint density at radius 3 is 3.17 bits per heavy atom. The quantitative estimate of drug-likeness (QED) is 0.831. The van der Waals surface area contributed by atoms with Crippen LogP contribution in [0.1, 0.15) is 41.0 Å². The fraction of sp³-hybridized carbons (Fsp3) is 0.417. The van der Waals surface area contributed by atoms with Gasteiger partial charge in [-0.25, -0.2) is 0 Å². The van der Waals surface area contributed by atoms with Gasteiger partial charge in [0.1, 0.15) is 5.69 Å². The monoisotopic (exact) mass is 246 g/mol. The van der Waals surface area contributed by atoms with Gasteiger partial charge in [0.2, 0.25) is 5.89 Å². The van der Waals surface area contributed by atoms with Crippen molar-refractivity contribution in [3.8, 4) is 0 Å². The summed E-state index contributed by atoms with van der Waals surface area (Å²) in [6, 6.07) is 3.52. The number of nitrogens with zero attached hydrogens (tertiary/aromatic N) is 2. The molecule has 0 spiro atoms. The lowest BCUT2D eigenvalue weighted by Crippen LogP contribution is -2.26. The third-order valence-corrected chi connectivity index (χ3v) is 2.89. The molecule has 1 aliphatic rings. The van der Waals surface area contributed by atoms with Crippen molar-refractivity contribution < 1.29 is 9.32 Å². The van der Waals surface area contributed by atoms with E-state index in [1.165, 1.54) is 0 Å². The van der Waals surface area contributed by atoms with Gasteiger partial charge in [0.15, 0.2) is 5.82 Å². The Morgan fingerprint density at radius 2 is 2.44 bits per heavy atom. The number of rotatable bonds is 5. The maximum absolute atomic E-state index is 11.6. The van der Waals surface area contributed by atoms with E-state index in [1.807, 2.05) is 0 Å². The summed E-state index contributed by atoms with van der Waals surface area (Å²) in [5, 5.41) is 6.69. The third-order valence-electron chi connectivity index (χ3n) is 2.89. The molecule has 0 aliphatic heterocycles. The second-order valence-corrected chi connectivity index (χ2v) is 4.41. The van der Waals surface area contributed by atoms with Crippen molar-refractivity contribution in [2.24, 2.45) is 0 Å². The standard InChI is InChI=1S/C12H14N4O2/c17-11(9-2-1-6-13-9)14-7-5-10-15-12(18-16-10)8-3-4-8/h1-2,6,8,13H,3-5,7H2,(H,14,17). The summed E-state index contributed by atoms with van der Waals surface area (Å²) in [6.07, 6.45) is 4.59. The third kappa shape index (κ3) is 2.42. The van der Waals surface area contributed by atoms with Gasteiger partial charge < -0.3 is 14.8 Å². The minimum atomic E-state index is -0.120. The molecule has 0 atom stereocenters. The molecule has 2 aromatic heterocycles. The highest BCUT2D eigenvalue weighted by molar-refractivity contribution is 5.92. The zero-order valence-electron chi connectivity index (χ0n) is 9.85. The Morgan fingerprint density at radius 1 is 1.56 bits per heavy atom. The maximum Gasteiger partial charge on any atom is 0.267 e. The van der Waals surface area contributed by atoms with E-state index in [0.29, 0.717) is 30.4 Å². The number of carbonyl (C=O) groups is 1. The molecule has 0 radical (unpaired) electrons. The van der Waals surface area contributed by atoms with Gasteiger partial charge in [-0.05, 0) is 25.0 Å². The van der Waals surface area contributed by atoms with Gasteiger partial charge in [-0.1, -0.05) is 5.16 Å². The van der Waals surface area contributed by atoms with Crippen LogP contribution in [-0.2, 0) is 6.42 Å². The van der Waals surface area contributed by atoms with Crippen molar-refractivity contribution in [3.63, 3.8) is 0 Å². The van der Waals surface area contributed by atoms with Crippen LogP contribution < -0.4 is 5.32 Å². The summed E-state index contributed by atoms with van der Waals surface area (Å²) in [6.45, 7) is 0.501. The van der Waals surface area contributed by atoms with Crippen LogP contribution in [0.2, 0.25) is 0 Å². The molecule has 2 aromatic rings. The van der Waals surface area contributed by atoms with Crippen LogP contribution >= 0.6 is 0 Å². The smallest absolute Gasteiger partial charge is 0.267 e. The van der Waals surface area contributed by atoms with Crippen molar-refractivity contribution in [1.82, 2.24) is 20.4 Å². The highest BCUT2D eigenvalue weighted by Gasteiger charge is 2.29. The highest BCUT2D eigenvalue weighted by atomic mass is 16.5. The molecule has 1 amide bonds. The molecule has 2 N–H and O–H groups in total. The lowest BCUT2D eigenvalue weighted by molar-refractivity contribution is 0.0949. The number of H-pyrrole nitrogens is 1. The first-order chi connectivity index (χ1) is 8.83. The van der Waals surface area contributed by atoms with E-state index in [1.54, 1.807) is 18.3 Å². The van der Waals surface area contributed by atoms with E-state index in [4.69, 9.17) is 4.52 Å². The van der Waals surface area contributed by atoms with E-state index in [0.717, 1.165) is 18.7 Å². The first kappa shape index (κ1) is 11.0. The Bertz CT molecular complexity index is 528. The van der Waals surface area contributed by atoms with Crippen LogP contribution in [0.15, 0.2) is 22.9 Å². The van der Waals surface area contributed by atoms with Crippen molar-refractivity contribution in [3.05, 3.63) is 35.7 Å². The van der Waals surface area contributed by atoms with Crippen molar-refractivity contribution in [1.29, 1.82) is 0 Å². The second-order valence-electron chi connectivity index (χ2n) is 4.41. The number of amides is 1. The minimum Gasteiger partial charge on any atom is -0.357 e. The number of aromatic nitrogens is 3. The van der Waals surface area contributed by atoms with E-state index >= 15 is 0 Å². The predicted molar refractivity (Wildman–Crippen MR) is 63.1 cm³/mol. The van der Waals surface area contributed by atoms with Crippen LogP contribution in [0.4, 0.5) is 0 Å². The second kappa shape index (κ2) is 4.64. The Hall–Kier alpha value is -2.11. The maximum atomic E-state index is 11.6. The normalized spacial score (nSPS) is 14.7.